The van der Waals surface area contributed by atoms with Gasteiger partial charge in [0.1, 0.15) is 5.69 Å². The molecule has 0 fully saturated rings. The Morgan fingerprint density at radius 1 is 1.05 bits per heavy atom. The van der Waals surface area contributed by atoms with E-state index >= 15 is 0 Å². The van der Waals surface area contributed by atoms with Gasteiger partial charge in [-0.2, -0.15) is 5.10 Å². The maximum absolute atomic E-state index is 6.05. The molecule has 0 atom stereocenters. The molecule has 0 unspecified atom stereocenters. The Labute approximate surface area is 117 Å². The molecule has 100 valence electrons. The fourth-order valence-electron chi connectivity index (χ4n) is 2.13. The molecule has 4 heteroatoms. The van der Waals surface area contributed by atoms with Crippen molar-refractivity contribution in [1.82, 2.24) is 14.8 Å². The molecule has 2 aromatic heterocycles. The highest BCUT2D eigenvalue weighted by Gasteiger charge is 2.08. The normalized spacial score (nSPS) is 10.7. The predicted molar refractivity (Wildman–Crippen MR) is 80.2 cm³/mol. The Morgan fingerprint density at radius 3 is 2.45 bits per heavy atom. The zero-order valence-electron chi connectivity index (χ0n) is 11.3. The zero-order valence-corrected chi connectivity index (χ0v) is 11.3. The van der Waals surface area contributed by atoms with Gasteiger partial charge >= 0.3 is 0 Å². The van der Waals surface area contributed by atoms with Crippen molar-refractivity contribution in [1.29, 1.82) is 0 Å². The Kier molecular flexibility index (Phi) is 3.21. The second-order valence-electron chi connectivity index (χ2n) is 4.85. The number of rotatable bonds is 3. The lowest BCUT2D eigenvalue weighted by Crippen LogP contribution is -2.00. The second kappa shape index (κ2) is 5.17. The molecule has 0 aliphatic carbocycles. The van der Waals surface area contributed by atoms with Gasteiger partial charge in [0.2, 0.25) is 0 Å². The van der Waals surface area contributed by atoms with E-state index in [1.165, 1.54) is 11.1 Å². The molecule has 20 heavy (non-hydrogen) atoms. The summed E-state index contributed by atoms with van der Waals surface area (Å²) in [5.41, 5.74) is 11.0. The van der Waals surface area contributed by atoms with Crippen molar-refractivity contribution in [3.05, 3.63) is 66.1 Å². The molecule has 0 spiro atoms. The first-order valence-corrected chi connectivity index (χ1v) is 6.51. The number of pyridine rings is 1. The fraction of sp³-hybridized carbons (Fsp3) is 0.125. The van der Waals surface area contributed by atoms with Crippen LogP contribution in [-0.2, 0) is 6.54 Å². The van der Waals surface area contributed by atoms with Gasteiger partial charge in [0.15, 0.2) is 0 Å². The van der Waals surface area contributed by atoms with Crippen LogP contribution in [-0.4, -0.2) is 14.8 Å². The molecule has 3 rings (SSSR count). The maximum Gasteiger partial charge on any atom is 0.115 e. The van der Waals surface area contributed by atoms with Crippen LogP contribution in [0.3, 0.4) is 0 Å². The molecule has 2 heterocycles. The maximum atomic E-state index is 6.05. The van der Waals surface area contributed by atoms with Crippen LogP contribution >= 0.6 is 0 Å². The average Bonchev–Trinajstić information content (AvgIpc) is 2.83. The summed E-state index contributed by atoms with van der Waals surface area (Å²) in [4.78, 5) is 4.01. The van der Waals surface area contributed by atoms with Gasteiger partial charge in [-0.1, -0.05) is 29.8 Å². The summed E-state index contributed by atoms with van der Waals surface area (Å²) < 4.78 is 1.87. The lowest BCUT2D eigenvalue weighted by molar-refractivity contribution is 0.689. The van der Waals surface area contributed by atoms with E-state index in [2.05, 4.69) is 41.3 Å². The first-order chi connectivity index (χ1) is 9.72. The van der Waals surface area contributed by atoms with Gasteiger partial charge in [-0.05, 0) is 24.6 Å². The van der Waals surface area contributed by atoms with Gasteiger partial charge in [-0.3, -0.25) is 9.67 Å². The SMILES string of the molecule is Cc1ccc(Cn2cc(N)c(-c3ccncc3)n2)cc1. The third-order valence-electron chi connectivity index (χ3n) is 3.21. The molecule has 0 bridgehead atoms. The number of hydrogen-bond acceptors (Lipinski definition) is 3. The summed E-state index contributed by atoms with van der Waals surface area (Å²) in [6, 6.07) is 12.3. The first kappa shape index (κ1) is 12.4. The van der Waals surface area contributed by atoms with E-state index in [0.717, 1.165) is 17.8 Å². The topological polar surface area (TPSA) is 56.7 Å². The van der Waals surface area contributed by atoms with Gasteiger partial charge in [0, 0.05) is 24.2 Å². The van der Waals surface area contributed by atoms with Crippen LogP contribution < -0.4 is 5.73 Å². The Balaban J connectivity index is 1.87. The van der Waals surface area contributed by atoms with Gasteiger partial charge in [0.25, 0.3) is 0 Å². The number of nitrogens with two attached hydrogens (primary N) is 1. The fourth-order valence-corrected chi connectivity index (χ4v) is 2.13. The Hall–Kier alpha value is -2.62. The first-order valence-electron chi connectivity index (χ1n) is 6.51. The van der Waals surface area contributed by atoms with E-state index in [0.29, 0.717) is 5.69 Å². The lowest BCUT2D eigenvalue weighted by Gasteiger charge is -2.02. The summed E-state index contributed by atoms with van der Waals surface area (Å²) >= 11 is 0. The van der Waals surface area contributed by atoms with Gasteiger partial charge in [-0.15, -0.1) is 0 Å². The van der Waals surface area contributed by atoms with Gasteiger partial charge in [0.05, 0.1) is 12.2 Å². The van der Waals surface area contributed by atoms with Crippen molar-refractivity contribution in [2.45, 2.75) is 13.5 Å². The van der Waals surface area contributed by atoms with Crippen molar-refractivity contribution in [3.63, 3.8) is 0 Å². The Morgan fingerprint density at radius 2 is 1.75 bits per heavy atom. The van der Waals surface area contributed by atoms with Crippen LogP contribution in [0.1, 0.15) is 11.1 Å². The van der Waals surface area contributed by atoms with Crippen LogP contribution in [0.4, 0.5) is 5.69 Å². The summed E-state index contributed by atoms with van der Waals surface area (Å²) in [6.07, 6.45) is 5.36. The predicted octanol–water partition coefficient (Wildman–Crippen LogP) is 2.88. The van der Waals surface area contributed by atoms with E-state index in [1.54, 1.807) is 12.4 Å². The van der Waals surface area contributed by atoms with Crippen molar-refractivity contribution in [2.75, 3.05) is 5.73 Å². The highest BCUT2D eigenvalue weighted by Crippen LogP contribution is 2.23. The van der Waals surface area contributed by atoms with Gasteiger partial charge in [-0.25, -0.2) is 0 Å². The molecule has 0 amide bonds. The minimum Gasteiger partial charge on any atom is -0.396 e. The Bertz CT molecular complexity index is 699. The summed E-state index contributed by atoms with van der Waals surface area (Å²) in [5, 5.41) is 4.56. The molecule has 0 saturated carbocycles. The van der Waals surface area contributed by atoms with Crippen LogP contribution in [0.5, 0.6) is 0 Å². The minimum atomic E-state index is 0.684. The molecule has 0 radical (unpaired) electrons. The van der Waals surface area contributed by atoms with Gasteiger partial charge < -0.3 is 5.73 Å². The molecule has 1 aromatic carbocycles. The number of aryl methyl sites for hydroxylation is 1. The smallest absolute Gasteiger partial charge is 0.115 e. The van der Waals surface area contributed by atoms with E-state index < -0.39 is 0 Å². The van der Waals surface area contributed by atoms with Crippen LogP contribution in [0.15, 0.2) is 55.0 Å². The number of benzene rings is 1. The van der Waals surface area contributed by atoms with Crippen molar-refractivity contribution in [3.8, 4) is 11.3 Å². The molecule has 0 aliphatic heterocycles. The summed E-state index contributed by atoms with van der Waals surface area (Å²) in [7, 11) is 0. The zero-order chi connectivity index (χ0) is 13.9. The van der Waals surface area contributed by atoms with Crippen molar-refractivity contribution in [2.24, 2.45) is 0 Å². The highest BCUT2D eigenvalue weighted by atomic mass is 15.3. The van der Waals surface area contributed by atoms with E-state index in [-0.39, 0.29) is 0 Å². The lowest BCUT2D eigenvalue weighted by atomic mass is 10.1. The largest absolute Gasteiger partial charge is 0.396 e. The third-order valence-corrected chi connectivity index (χ3v) is 3.21. The third kappa shape index (κ3) is 2.54. The monoisotopic (exact) mass is 264 g/mol. The number of aromatic nitrogens is 3. The highest BCUT2D eigenvalue weighted by molar-refractivity contribution is 5.71. The van der Waals surface area contributed by atoms with E-state index in [9.17, 15) is 0 Å². The number of hydrogen-bond donors (Lipinski definition) is 1. The van der Waals surface area contributed by atoms with Crippen molar-refractivity contribution >= 4 is 5.69 Å². The minimum absolute atomic E-state index is 0.684. The molecule has 0 saturated heterocycles. The average molecular weight is 264 g/mol. The number of nitrogens with zero attached hydrogens (tertiary/aromatic N) is 3. The number of anilines is 1. The van der Waals surface area contributed by atoms with E-state index in [1.807, 2.05) is 23.0 Å². The molecule has 0 aliphatic rings. The number of nitrogen functional groups attached to an aromatic ring is 1. The molecular weight excluding hydrogens is 248 g/mol. The molecular formula is C16H16N4. The summed E-state index contributed by atoms with van der Waals surface area (Å²) in [5.74, 6) is 0. The quantitative estimate of drug-likeness (QED) is 0.791. The molecule has 2 N–H and O–H groups in total. The van der Waals surface area contributed by atoms with Crippen molar-refractivity contribution < 1.29 is 0 Å². The van der Waals surface area contributed by atoms with Crippen LogP contribution in [0, 0.1) is 6.92 Å². The van der Waals surface area contributed by atoms with Crippen LogP contribution in [0.2, 0.25) is 0 Å². The molecule has 4 nitrogen and oxygen atoms in total. The van der Waals surface area contributed by atoms with Crippen LogP contribution in [0.25, 0.3) is 11.3 Å². The standard InChI is InChI=1S/C16H16N4/c1-12-2-4-13(5-3-12)10-20-11-15(17)16(19-20)14-6-8-18-9-7-14/h2-9,11H,10,17H2,1H3. The summed E-state index contributed by atoms with van der Waals surface area (Å²) in [6.45, 7) is 2.80. The second-order valence-corrected chi connectivity index (χ2v) is 4.85. The molecule has 3 aromatic rings. The van der Waals surface area contributed by atoms with E-state index in [4.69, 9.17) is 5.73 Å².